The number of aliphatic hydroxyl groups is 1. The van der Waals surface area contributed by atoms with Crippen molar-refractivity contribution in [1.29, 1.82) is 0 Å². The molecular weight excluding hydrogens is 394 g/mol. The third-order valence-corrected chi connectivity index (χ3v) is 5.30. The fourth-order valence-electron chi connectivity index (χ4n) is 3.68. The van der Waals surface area contributed by atoms with E-state index in [1.54, 1.807) is 36.3 Å². The Morgan fingerprint density at radius 1 is 1.03 bits per heavy atom. The van der Waals surface area contributed by atoms with Gasteiger partial charge in [-0.05, 0) is 54.8 Å². The number of methoxy groups -OCH3 is 1. The van der Waals surface area contributed by atoms with Crippen LogP contribution in [0.25, 0.3) is 5.76 Å². The third-order valence-electron chi connectivity index (χ3n) is 5.30. The molecule has 1 saturated heterocycles. The Morgan fingerprint density at radius 3 is 2.42 bits per heavy atom. The van der Waals surface area contributed by atoms with E-state index in [1.165, 1.54) is 0 Å². The molecule has 1 fully saturated rings. The number of hydrogen-bond donors (Lipinski definition) is 1. The lowest BCUT2D eigenvalue weighted by molar-refractivity contribution is -0.139. The van der Waals surface area contributed by atoms with Gasteiger partial charge in [0, 0.05) is 12.1 Å². The summed E-state index contributed by atoms with van der Waals surface area (Å²) in [4.78, 5) is 27.4. The summed E-state index contributed by atoms with van der Waals surface area (Å²) in [5.41, 5.74) is 1.29. The molecule has 1 atom stereocenters. The molecule has 1 aliphatic heterocycles. The maximum Gasteiger partial charge on any atom is 0.295 e. The van der Waals surface area contributed by atoms with Crippen LogP contribution in [0, 0.1) is 0 Å². The van der Waals surface area contributed by atoms with E-state index in [0.717, 1.165) is 24.8 Å². The Balaban J connectivity index is 2.10. The van der Waals surface area contributed by atoms with Crippen LogP contribution in [0.5, 0.6) is 11.5 Å². The predicted molar refractivity (Wildman–Crippen MR) is 119 cm³/mol. The minimum atomic E-state index is -0.672. The summed E-state index contributed by atoms with van der Waals surface area (Å²) in [5, 5.41) is 11.1. The Labute approximate surface area is 183 Å². The lowest BCUT2D eigenvalue weighted by atomic mass is 9.95. The number of rotatable bonds is 9. The molecule has 164 valence electrons. The number of likely N-dealkylation sites (tertiary alicyclic amines) is 1. The van der Waals surface area contributed by atoms with Gasteiger partial charge in [-0.15, -0.1) is 0 Å². The van der Waals surface area contributed by atoms with E-state index < -0.39 is 17.7 Å². The number of ether oxygens (including phenoxy) is 2. The highest BCUT2D eigenvalue weighted by molar-refractivity contribution is 6.46. The Kier molecular flexibility index (Phi) is 7.34. The maximum atomic E-state index is 13.0. The van der Waals surface area contributed by atoms with Crippen LogP contribution in [-0.2, 0) is 9.59 Å². The fourth-order valence-corrected chi connectivity index (χ4v) is 3.68. The van der Waals surface area contributed by atoms with Gasteiger partial charge in [0.15, 0.2) is 0 Å². The van der Waals surface area contributed by atoms with E-state index in [2.05, 4.69) is 0 Å². The largest absolute Gasteiger partial charge is 0.507 e. The molecule has 0 saturated carbocycles. The highest BCUT2D eigenvalue weighted by Gasteiger charge is 2.45. The van der Waals surface area contributed by atoms with Gasteiger partial charge in [-0.1, -0.05) is 32.4 Å². The van der Waals surface area contributed by atoms with Crippen molar-refractivity contribution >= 4 is 17.4 Å². The van der Waals surface area contributed by atoms with Crippen LogP contribution in [0.4, 0.5) is 0 Å². The highest BCUT2D eigenvalue weighted by Crippen LogP contribution is 2.40. The second-order valence-electron chi connectivity index (χ2n) is 7.50. The zero-order valence-electron chi connectivity index (χ0n) is 18.3. The van der Waals surface area contributed by atoms with E-state index >= 15 is 0 Å². The van der Waals surface area contributed by atoms with Gasteiger partial charge in [-0.25, -0.2) is 0 Å². The number of nitrogens with zero attached hydrogens (tertiary/aromatic N) is 1. The quantitative estimate of drug-likeness (QED) is 0.359. The van der Waals surface area contributed by atoms with Gasteiger partial charge in [-0.2, -0.15) is 0 Å². The van der Waals surface area contributed by atoms with E-state index in [0.29, 0.717) is 30.2 Å². The normalized spacial score (nSPS) is 17.8. The second-order valence-corrected chi connectivity index (χ2v) is 7.50. The van der Waals surface area contributed by atoms with Crippen molar-refractivity contribution in [2.45, 2.75) is 39.2 Å². The number of ketones is 1. The van der Waals surface area contributed by atoms with E-state index in [9.17, 15) is 14.7 Å². The maximum absolute atomic E-state index is 13.0. The molecule has 1 amide bonds. The van der Waals surface area contributed by atoms with Crippen molar-refractivity contribution in [1.82, 2.24) is 4.90 Å². The van der Waals surface area contributed by atoms with Gasteiger partial charge in [0.05, 0.1) is 25.3 Å². The molecule has 2 aromatic rings. The SMILES string of the molecule is CCCCN1C(=O)C(=O)/C(=C(\O)c2ccc(OC)cc2)C1c1cccc(OCCC)c1. The fraction of sp³-hybridized carbons (Fsp3) is 0.360. The van der Waals surface area contributed by atoms with Gasteiger partial charge in [0.2, 0.25) is 0 Å². The van der Waals surface area contributed by atoms with Gasteiger partial charge in [0.25, 0.3) is 11.7 Å². The summed E-state index contributed by atoms with van der Waals surface area (Å²) < 4.78 is 10.9. The van der Waals surface area contributed by atoms with E-state index in [4.69, 9.17) is 9.47 Å². The molecule has 1 N–H and O–H groups in total. The monoisotopic (exact) mass is 423 g/mol. The molecular formula is C25H29NO5. The molecule has 0 spiro atoms. The van der Waals surface area contributed by atoms with Crippen LogP contribution < -0.4 is 9.47 Å². The molecule has 1 unspecified atom stereocenters. The first kappa shape index (κ1) is 22.4. The zero-order valence-corrected chi connectivity index (χ0v) is 18.3. The Morgan fingerprint density at radius 2 is 1.77 bits per heavy atom. The summed E-state index contributed by atoms with van der Waals surface area (Å²) in [6, 6.07) is 13.5. The Bertz CT molecular complexity index is 964. The first-order valence-corrected chi connectivity index (χ1v) is 10.7. The number of hydrogen-bond acceptors (Lipinski definition) is 5. The van der Waals surface area contributed by atoms with Crippen LogP contribution in [-0.4, -0.2) is 42.0 Å². The molecule has 0 bridgehead atoms. The predicted octanol–water partition coefficient (Wildman–Crippen LogP) is 4.71. The first-order chi connectivity index (χ1) is 15.0. The third kappa shape index (κ3) is 4.74. The van der Waals surface area contributed by atoms with Crippen molar-refractivity contribution in [3.05, 3.63) is 65.2 Å². The topological polar surface area (TPSA) is 76.1 Å². The molecule has 0 radical (unpaired) electrons. The minimum Gasteiger partial charge on any atom is -0.507 e. The molecule has 3 rings (SSSR count). The van der Waals surface area contributed by atoms with E-state index in [-0.39, 0.29) is 11.3 Å². The van der Waals surface area contributed by atoms with Crippen LogP contribution >= 0.6 is 0 Å². The standard InChI is InChI=1S/C25H29NO5/c1-4-6-14-26-22(18-8-7-9-20(16-18)31-15-5-2)21(24(28)25(26)29)23(27)17-10-12-19(30-3)13-11-17/h7-13,16,22,27H,4-6,14-15H2,1-3H3/b23-21-. The molecule has 6 nitrogen and oxygen atoms in total. The number of Topliss-reactive ketones (excluding diaryl/α,β-unsaturated/α-hetero) is 1. The lowest BCUT2D eigenvalue weighted by Gasteiger charge is -2.25. The highest BCUT2D eigenvalue weighted by atomic mass is 16.5. The van der Waals surface area contributed by atoms with Gasteiger partial charge < -0.3 is 19.5 Å². The lowest BCUT2D eigenvalue weighted by Crippen LogP contribution is -2.30. The number of carbonyl (C=O) groups is 2. The first-order valence-electron chi connectivity index (χ1n) is 10.7. The molecule has 2 aromatic carbocycles. The second kappa shape index (κ2) is 10.2. The summed E-state index contributed by atoms with van der Waals surface area (Å²) in [6.07, 6.45) is 2.52. The molecule has 0 aromatic heterocycles. The van der Waals surface area contributed by atoms with Crippen molar-refractivity contribution in [3.63, 3.8) is 0 Å². The molecule has 1 aliphatic rings. The summed E-state index contributed by atoms with van der Waals surface area (Å²) in [5.74, 6) is -0.144. The van der Waals surface area contributed by atoms with Crippen LogP contribution in [0.15, 0.2) is 54.1 Å². The molecule has 0 aliphatic carbocycles. The average Bonchev–Trinajstić information content (AvgIpc) is 3.06. The number of carbonyl (C=O) groups excluding carboxylic acids is 2. The molecule has 1 heterocycles. The Hall–Kier alpha value is -3.28. The summed E-state index contributed by atoms with van der Waals surface area (Å²) in [6.45, 7) is 5.07. The van der Waals surface area contributed by atoms with Gasteiger partial charge in [0.1, 0.15) is 17.3 Å². The average molecular weight is 424 g/mol. The van der Waals surface area contributed by atoms with Crippen molar-refractivity contribution < 1.29 is 24.2 Å². The number of aliphatic hydroxyl groups excluding tert-OH is 1. The van der Waals surface area contributed by atoms with Crippen LogP contribution in [0.1, 0.15) is 50.3 Å². The number of benzene rings is 2. The summed E-state index contributed by atoms with van der Waals surface area (Å²) >= 11 is 0. The minimum absolute atomic E-state index is 0.0962. The van der Waals surface area contributed by atoms with Crippen LogP contribution in [0.2, 0.25) is 0 Å². The van der Waals surface area contributed by atoms with Crippen LogP contribution in [0.3, 0.4) is 0 Å². The van der Waals surface area contributed by atoms with Gasteiger partial charge in [-0.3, -0.25) is 9.59 Å². The number of amides is 1. The van der Waals surface area contributed by atoms with Crippen molar-refractivity contribution in [3.8, 4) is 11.5 Å². The smallest absolute Gasteiger partial charge is 0.295 e. The van der Waals surface area contributed by atoms with Crippen molar-refractivity contribution in [2.75, 3.05) is 20.3 Å². The van der Waals surface area contributed by atoms with Gasteiger partial charge >= 0.3 is 0 Å². The van der Waals surface area contributed by atoms with Crippen molar-refractivity contribution in [2.24, 2.45) is 0 Å². The molecule has 31 heavy (non-hydrogen) atoms. The van der Waals surface area contributed by atoms with E-state index in [1.807, 2.05) is 38.1 Å². The zero-order chi connectivity index (χ0) is 22.4. The molecule has 6 heteroatoms. The summed E-state index contributed by atoms with van der Waals surface area (Å²) in [7, 11) is 1.56. The number of unbranched alkanes of at least 4 members (excludes halogenated alkanes) is 1.